The number of methoxy groups -OCH3 is 1. The molecule has 7 heteroatoms. The van der Waals surface area contributed by atoms with Crippen molar-refractivity contribution in [2.75, 3.05) is 19.0 Å². The van der Waals surface area contributed by atoms with Crippen LogP contribution in [0.2, 0.25) is 0 Å². The van der Waals surface area contributed by atoms with Gasteiger partial charge in [-0.3, -0.25) is 14.3 Å². The summed E-state index contributed by atoms with van der Waals surface area (Å²) in [5.74, 6) is 0.882. The van der Waals surface area contributed by atoms with Gasteiger partial charge in [-0.15, -0.1) is 0 Å². The van der Waals surface area contributed by atoms with E-state index in [4.69, 9.17) is 4.74 Å². The lowest BCUT2D eigenvalue weighted by molar-refractivity contribution is -0.116. The molecule has 0 fully saturated rings. The number of nitrogens with one attached hydrogen (secondary N) is 2. The van der Waals surface area contributed by atoms with Gasteiger partial charge in [0, 0.05) is 26.1 Å². The highest BCUT2D eigenvalue weighted by atomic mass is 16.5. The fraction of sp³-hybridized carbons (Fsp3) is 0.261. The van der Waals surface area contributed by atoms with Gasteiger partial charge in [-0.2, -0.15) is 5.10 Å². The summed E-state index contributed by atoms with van der Waals surface area (Å²) in [5.41, 5.74) is 2.44. The second-order valence-corrected chi connectivity index (χ2v) is 6.93. The summed E-state index contributed by atoms with van der Waals surface area (Å²) in [6.45, 7) is 0.474. The molecule has 0 radical (unpaired) electrons. The largest absolute Gasteiger partial charge is 0.497 e. The molecule has 156 valence electrons. The zero-order valence-electron chi connectivity index (χ0n) is 17.2. The summed E-state index contributed by atoms with van der Waals surface area (Å²) in [4.78, 5) is 24.6. The third-order valence-electron chi connectivity index (χ3n) is 4.70. The first-order chi connectivity index (χ1) is 14.5. The Bertz CT molecular complexity index is 999. The quantitative estimate of drug-likeness (QED) is 0.572. The van der Waals surface area contributed by atoms with Gasteiger partial charge in [-0.1, -0.05) is 42.5 Å². The lowest BCUT2D eigenvalue weighted by Gasteiger charge is -2.05. The molecule has 0 atom stereocenters. The minimum absolute atomic E-state index is 0.119. The van der Waals surface area contributed by atoms with E-state index in [2.05, 4.69) is 15.7 Å². The topological polar surface area (TPSA) is 85.3 Å². The Hall–Kier alpha value is -3.61. The Kier molecular flexibility index (Phi) is 7.21. The van der Waals surface area contributed by atoms with Crippen LogP contribution in [0.15, 0.2) is 60.7 Å². The molecule has 2 amide bonds. The molecular formula is C23H26N4O3. The summed E-state index contributed by atoms with van der Waals surface area (Å²) in [6, 6.07) is 19.1. The average Bonchev–Trinajstić information content (AvgIpc) is 3.13. The van der Waals surface area contributed by atoms with Crippen molar-refractivity contribution < 1.29 is 14.3 Å². The molecule has 0 unspecified atom stereocenters. The van der Waals surface area contributed by atoms with Crippen LogP contribution >= 0.6 is 0 Å². The second kappa shape index (κ2) is 10.2. The highest BCUT2D eigenvalue weighted by Gasteiger charge is 2.14. The normalized spacial score (nSPS) is 10.5. The van der Waals surface area contributed by atoms with Crippen molar-refractivity contribution in [1.82, 2.24) is 15.1 Å². The van der Waals surface area contributed by atoms with Crippen LogP contribution in [-0.2, 0) is 24.7 Å². The molecule has 3 aromatic rings. The number of rotatable bonds is 9. The smallest absolute Gasteiger partial charge is 0.271 e. The number of amides is 2. The van der Waals surface area contributed by atoms with Gasteiger partial charge in [0.05, 0.1) is 7.11 Å². The van der Waals surface area contributed by atoms with Crippen LogP contribution in [0.25, 0.3) is 0 Å². The molecule has 1 aromatic heterocycles. The summed E-state index contributed by atoms with van der Waals surface area (Å²) in [6.07, 6.45) is 1.69. The maximum absolute atomic E-state index is 12.4. The zero-order valence-corrected chi connectivity index (χ0v) is 17.2. The van der Waals surface area contributed by atoms with Gasteiger partial charge in [0.1, 0.15) is 11.6 Å². The summed E-state index contributed by atoms with van der Waals surface area (Å²) in [7, 11) is 3.32. The van der Waals surface area contributed by atoms with Crippen LogP contribution in [0.3, 0.4) is 0 Å². The summed E-state index contributed by atoms with van der Waals surface area (Å²) < 4.78 is 6.70. The fourth-order valence-electron chi connectivity index (χ4n) is 3.04. The molecular weight excluding hydrogens is 380 g/mol. The molecule has 2 N–H and O–H groups in total. The molecule has 0 aliphatic heterocycles. The van der Waals surface area contributed by atoms with Crippen LogP contribution in [0, 0.1) is 0 Å². The molecule has 0 saturated heterocycles. The minimum atomic E-state index is -0.279. The second-order valence-electron chi connectivity index (χ2n) is 6.93. The average molecular weight is 406 g/mol. The van der Waals surface area contributed by atoms with E-state index in [1.807, 2.05) is 54.6 Å². The van der Waals surface area contributed by atoms with Crippen LogP contribution in [0.1, 0.15) is 28.0 Å². The molecule has 0 spiro atoms. The first-order valence-electron chi connectivity index (χ1n) is 9.84. The number of carbonyl (C=O) groups excluding carboxylic acids is 2. The molecule has 7 nitrogen and oxygen atoms in total. The molecule has 0 aliphatic rings. The molecule has 3 rings (SSSR count). The van der Waals surface area contributed by atoms with Gasteiger partial charge in [0.15, 0.2) is 5.69 Å². The van der Waals surface area contributed by atoms with E-state index in [1.165, 1.54) is 4.68 Å². The number of ether oxygens (including phenoxy) is 1. The first kappa shape index (κ1) is 21.1. The minimum Gasteiger partial charge on any atom is -0.497 e. The van der Waals surface area contributed by atoms with Crippen LogP contribution in [0.5, 0.6) is 5.75 Å². The maximum atomic E-state index is 12.4. The Morgan fingerprint density at radius 1 is 1.00 bits per heavy atom. The lowest BCUT2D eigenvalue weighted by atomic mass is 10.1. The Balaban J connectivity index is 1.49. The van der Waals surface area contributed by atoms with Gasteiger partial charge in [0.2, 0.25) is 5.91 Å². The van der Waals surface area contributed by atoms with E-state index in [9.17, 15) is 9.59 Å². The van der Waals surface area contributed by atoms with E-state index in [-0.39, 0.29) is 17.5 Å². The molecule has 0 saturated carbocycles. The van der Waals surface area contributed by atoms with Gasteiger partial charge in [-0.25, -0.2) is 0 Å². The van der Waals surface area contributed by atoms with Crippen molar-refractivity contribution in [1.29, 1.82) is 0 Å². The Morgan fingerprint density at radius 2 is 1.77 bits per heavy atom. The highest BCUT2D eigenvalue weighted by molar-refractivity contribution is 5.95. The lowest BCUT2D eigenvalue weighted by Crippen LogP contribution is -2.26. The van der Waals surface area contributed by atoms with Gasteiger partial charge in [-0.05, 0) is 36.1 Å². The van der Waals surface area contributed by atoms with Crippen molar-refractivity contribution >= 4 is 17.6 Å². The van der Waals surface area contributed by atoms with Crippen LogP contribution in [-0.4, -0.2) is 35.2 Å². The Labute approximate surface area is 176 Å². The van der Waals surface area contributed by atoms with Crippen molar-refractivity contribution in [3.05, 3.63) is 77.5 Å². The molecule has 0 aliphatic carbocycles. The molecule has 0 bridgehead atoms. The van der Waals surface area contributed by atoms with Gasteiger partial charge < -0.3 is 15.4 Å². The van der Waals surface area contributed by atoms with Crippen LogP contribution in [0.4, 0.5) is 5.82 Å². The van der Waals surface area contributed by atoms with Gasteiger partial charge in [0.25, 0.3) is 5.91 Å². The van der Waals surface area contributed by atoms with E-state index >= 15 is 0 Å². The highest BCUT2D eigenvalue weighted by Crippen LogP contribution is 2.13. The predicted molar refractivity (Wildman–Crippen MR) is 116 cm³/mol. The van der Waals surface area contributed by atoms with Gasteiger partial charge >= 0.3 is 0 Å². The van der Waals surface area contributed by atoms with Crippen molar-refractivity contribution in [2.45, 2.75) is 19.3 Å². The number of hydrogen-bond donors (Lipinski definition) is 2. The summed E-state index contributed by atoms with van der Waals surface area (Å²) >= 11 is 0. The molecule has 2 aromatic carbocycles. The monoisotopic (exact) mass is 406 g/mol. The number of benzene rings is 2. The number of carbonyl (C=O) groups is 2. The standard InChI is InChI=1S/C23H26N4O3/c1-27-21(25-22(28)12-11-17-7-4-3-5-8-17)16-20(26-27)23(29)24-14-13-18-9-6-10-19(15-18)30-2/h3-10,15-16H,11-14H2,1-2H3,(H,24,29)(H,25,28). The zero-order chi connectivity index (χ0) is 21.3. The molecule has 1 heterocycles. The third kappa shape index (κ3) is 5.94. The third-order valence-corrected chi connectivity index (χ3v) is 4.70. The van der Waals surface area contributed by atoms with Crippen molar-refractivity contribution in [2.24, 2.45) is 7.05 Å². The van der Waals surface area contributed by atoms with E-state index < -0.39 is 0 Å². The number of hydrogen-bond acceptors (Lipinski definition) is 4. The fourth-order valence-corrected chi connectivity index (χ4v) is 3.04. The first-order valence-corrected chi connectivity index (χ1v) is 9.84. The summed E-state index contributed by atoms with van der Waals surface area (Å²) in [5, 5.41) is 9.88. The number of nitrogens with zero attached hydrogens (tertiary/aromatic N) is 2. The van der Waals surface area contributed by atoms with E-state index in [1.54, 1.807) is 20.2 Å². The van der Waals surface area contributed by atoms with E-state index in [0.717, 1.165) is 16.9 Å². The maximum Gasteiger partial charge on any atom is 0.271 e. The predicted octanol–water partition coefficient (Wildman–Crippen LogP) is 2.97. The van der Waals surface area contributed by atoms with E-state index in [0.29, 0.717) is 31.6 Å². The van der Waals surface area contributed by atoms with Crippen molar-refractivity contribution in [3.63, 3.8) is 0 Å². The Morgan fingerprint density at radius 3 is 2.53 bits per heavy atom. The number of aryl methyl sites for hydroxylation is 2. The van der Waals surface area contributed by atoms with Crippen LogP contribution < -0.4 is 15.4 Å². The number of aromatic nitrogens is 2. The van der Waals surface area contributed by atoms with Crippen molar-refractivity contribution in [3.8, 4) is 5.75 Å². The molecule has 30 heavy (non-hydrogen) atoms. The SMILES string of the molecule is COc1cccc(CCNC(=O)c2cc(NC(=O)CCc3ccccc3)n(C)n2)c1. The number of anilines is 1.